The molecule has 1 rings (SSSR count). The summed E-state index contributed by atoms with van der Waals surface area (Å²) in [6.45, 7) is 4.31. The van der Waals surface area contributed by atoms with Gasteiger partial charge in [0.15, 0.2) is 0 Å². The molecular weight excluding hydrogens is 212 g/mol. The third-order valence-electron chi connectivity index (χ3n) is 2.74. The van der Waals surface area contributed by atoms with E-state index in [1.807, 2.05) is 6.07 Å². The maximum Gasteiger partial charge on any atom is 0.121 e. The minimum Gasteiger partial charge on any atom is -0.497 e. The zero-order valence-electron chi connectivity index (χ0n) is 10.8. The van der Waals surface area contributed by atoms with Crippen molar-refractivity contribution in [3.63, 3.8) is 0 Å². The van der Waals surface area contributed by atoms with Crippen molar-refractivity contribution in [3.8, 4) is 11.8 Å². The van der Waals surface area contributed by atoms with E-state index in [0.717, 1.165) is 17.9 Å². The van der Waals surface area contributed by atoms with Gasteiger partial charge in [-0.25, -0.2) is 0 Å². The fourth-order valence-corrected chi connectivity index (χ4v) is 1.72. The summed E-state index contributed by atoms with van der Waals surface area (Å²) in [6.07, 6.45) is 3.49. The minimum absolute atomic E-state index is 0.370. The third-order valence-corrected chi connectivity index (χ3v) is 2.74. The molecule has 0 bridgehead atoms. The van der Waals surface area contributed by atoms with Gasteiger partial charge in [0.25, 0.3) is 0 Å². The van der Waals surface area contributed by atoms with Crippen molar-refractivity contribution in [2.24, 2.45) is 0 Å². The number of unbranched alkanes of at least 4 members (excludes halogenated alkanes) is 1. The first-order chi connectivity index (χ1) is 8.21. The molecule has 0 amide bonds. The second-order valence-electron chi connectivity index (χ2n) is 4.21. The van der Waals surface area contributed by atoms with Crippen LogP contribution in [0.15, 0.2) is 18.2 Å². The van der Waals surface area contributed by atoms with Gasteiger partial charge in [0.05, 0.1) is 18.4 Å². The number of nitrogens with zero attached hydrogens (tertiary/aromatic N) is 1. The van der Waals surface area contributed by atoms with E-state index in [1.54, 1.807) is 19.2 Å². The van der Waals surface area contributed by atoms with Crippen LogP contribution in [0.3, 0.4) is 0 Å². The first-order valence-corrected chi connectivity index (χ1v) is 6.06. The van der Waals surface area contributed by atoms with Gasteiger partial charge < -0.3 is 10.1 Å². The van der Waals surface area contributed by atoms with E-state index in [-0.39, 0.29) is 0 Å². The Hall–Kier alpha value is -1.69. The van der Waals surface area contributed by atoms with Crippen LogP contribution < -0.4 is 10.1 Å². The molecule has 0 heterocycles. The molecule has 0 fully saturated rings. The van der Waals surface area contributed by atoms with Crippen molar-refractivity contribution < 1.29 is 4.74 Å². The lowest BCUT2D eigenvalue weighted by Gasteiger charge is -2.16. The van der Waals surface area contributed by atoms with Crippen LogP contribution >= 0.6 is 0 Å². The molecule has 17 heavy (non-hydrogen) atoms. The Balaban J connectivity index is 2.77. The van der Waals surface area contributed by atoms with Crippen LogP contribution in [0.2, 0.25) is 0 Å². The summed E-state index contributed by atoms with van der Waals surface area (Å²) in [4.78, 5) is 0. The highest BCUT2D eigenvalue weighted by Gasteiger charge is 2.07. The Labute approximate surface area is 103 Å². The minimum atomic E-state index is 0.370. The molecule has 0 aliphatic rings. The summed E-state index contributed by atoms with van der Waals surface area (Å²) in [5, 5.41) is 12.4. The largest absolute Gasteiger partial charge is 0.497 e. The van der Waals surface area contributed by atoms with Gasteiger partial charge in [-0.05, 0) is 25.5 Å². The molecule has 3 nitrogen and oxygen atoms in total. The van der Waals surface area contributed by atoms with Gasteiger partial charge in [-0.3, -0.25) is 0 Å². The standard InChI is InChI=1S/C14H20N2O/c1-4-5-6-11(2)16-14-9-13(17-3)8-7-12(14)10-15/h7-9,11,16H,4-6H2,1-3H3. The van der Waals surface area contributed by atoms with Crippen LogP contribution in [-0.2, 0) is 0 Å². The molecular formula is C14H20N2O. The predicted octanol–water partition coefficient (Wildman–Crippen LogP) is 3.56. The van der Waals surface area contributed by atoms with E-state index in [9.17, 15) is 0 Å². The lowest BCUT2D eigenvalue weighted by atomic mass is 10.1. The number of benzene rings is 1. The van der Waals surface area contributed by atoms with E-state index in [0.29, 0.717) is 11.6 Å². The summed E-state index contributed by atoms with van der Waals surface area (Å²) in [6, 6.07) is 8.03. The normalized spacial score (nSPS) is 11.6. The number of methoxy groups -OCH3 is 1. The lowest BCUT2D eigenvalue weighted by Crippen LogP contribution is -2.15. The molecule has 0 aromatic heterocycles. The Bertz CT molecular complexity index is 396. The maximum atomic E-state index is 9.04. The smallest absolute Gasteiger partial charge is 0.121 e. The molecule has 0 spiro atoms. The molecule has 0 radical (unpaired) electrons. The summed E-state index contributed by atoms with van der Waals surface area (Å²) >= 11 is 0. The van der Waals surface area contributed by atoms with E-state index in [4.69, 9.17) is 10.00 Å². The van der Waals surface area contributed by atoms with Gasteiger partial charge in [0, 0.05) is 12.1 Å². The number of hydrogen-bond donors (Lipinski definition) is 1. The predicted molar refractivity (Wildman–Crippen MR) is 70.3 cm³/mol. The highest BCUT2D eigenvalue weighted by atomic mass is 16.5. The Morgan fingerprint density at radius 1 is 1.47 bits per heavy atom. The van der Waals surface area contributed by atoms with Gasteiger partial charge in [-0.1, -0.05) is 19.8 Å². The molecule has 0 aliphatic heterocycles. The molecule has 3 heteroatoms. The number of nitriles is 1. The van der Waals surface area contributed by atoms with Crippen LogP contribution in [0.5, 0.6) is 5.75 Å². The third kappa shape index (κ3) is 3.99. The van der Waals surface area contributed by atoms with E-state index in [1.165, 1.54) is 12.8 Å². The van der Waals surface area contributed by atoms with Crippen LogP contribution in [-0.4, -0.2) is 13.2 Å². The fourth-order valence-electron chi connectivity index (χ4n) is 1.72. The topological polar surface area (TPSA) is 45.0 Å². The maximum absolute atomic E-state index is 9.04. The highest BCUT2D eigenvalue weighted by molar-refractivity contribution is 5.60. The second kappa shape index (κ2) is 6.80. The van der Waals surface area contributed by atoms with E-state index < -0.39 is 0 Å². The summed E-state index contributed by atoms with van der Waals surface area (Å²) in [7, 11) is 1.63. The van der Waals surface area contributed by atoms with Crippen molar-refractivity contribution in [1.82, 2.24) is 0 Å². The lowest BCUT2D eigenvalue weighted by molar-refractivity contribution is 0.415. The molecule has 92 valence electrons. The first-order valence-electron chi connectivity index (χ1n) is 6.06. The average Bonchev–Trinajstić information content (AvgIpc) is 2.36. The zero-order chi connectivity index (χ0) is 12.7. The molecule has 0 aliphatic carbocycles. The van der Waals surface area contributed by atoms with Crippen LogP contribution in [0.4, 0.5) is 5.69 Å². The number of anilines is 1. The first kappa shape index (κ1) is 13.4. The van der Waals surface area contributed by atoms with Crippen molar-refractivity contribution in [3.05, 3.63) is 23.8 Å². The Morgan fingerprint density at radius 3 is 2.82 bits per heavy atom. The van der Waals surface area contributed by atoms with Gasteiger partial charge in [-0.15, -0.1) is 0 Å². The number of nitrogens with one attached hydrogen (secondary N) is 1. The number of hydrogen-bond acceptors (Lipinski definition) is 3. The molecule has 1 N–H and O–H groups in total. The van der Waals surface area contributed by atoms with Crippen molar-refractivity contribution >= 4 is 5.69 Å². The molecule has 1 atom stereocenters. The Kier molecular flexibility index (Phi) is 5.35. The summed E-state index contributed by atoms with van der Waals surface area (Å²) in [5.41, 5.74) is 1.52. The quantitative estimate of drug-likeness (QED) is 0.815. The van der Waals surface area contributed by atoms with E-state index in [2.05, 4.69) is 25.2 Å². The number of ether oxygens (including phenoxy) is 1. The zero-order valence-corrected chi connectivity index (χ0v) is 10.8. The molecule has 0 saturated carbocycles. The second-order valence-corrected chi connectivity index (χ2v) is 4.21. The monoisotopic (exact) mass is 232 g/mol. The van der Waals surface area contributed by atoms with E-state index >= 15 is 0 Å². The van der Waals surface area contributed by atoms with Gasteiger partial charge in [-0.2, -0.15) is 5.26 Å². The highest BCUT2D eigenvalue weighted by Crippen LogP contribution is 2.23. The van der Waals surface area contributed by atoms with Crippen molar-refractivity contribution in [2.75, 3.05) is 12.4 Å². The average molecular weight is 232 g/mol. The van der Waals surface area contributed by atoms with Crippen LogP contribution in [0, 0.1) is 11.3 Å². The van der Waals surface area contributed by atoms with Crippen LogP contribution in [0.1, 0.15) is 38.7 Å². The van der Waals surface area contributed by atoms with Gasteiger partial charge in [0.1, 0.15) is 11.8 Å². The SMILES string of the molecule is CCCCC(C)Nc1cc(OC)ccc1C#N. The van der Waals surface area contributed by atoms with Gasteiger partial charge >= 0.3 is 0 Å². The molecule has 1 unspecified atom stereocenters. The van der Waals surface area contributed by atoms with Gasteiger partial charge in [0.2, 0.25) is 0 Å². The molecule has 1 aromatic rings. The molecule has 1 aromatic carbocycles. The summed E-state index contributed by atoms with van der Waals surface area (Å²) in [5.74, 6) is 0.772. The fraction of sp³-hybridized carbons (Fsp3) is 0.500. The molecule has 0 saturated heterocycles. The Morgan fingerprint density at radius 2 is 2.24 bits per heavy atom. The van der Waals surface area contributed by atoms with Crippen molar-refractivity contribution in [2.45, 2.75) is 39.2 Å². The van der Waals surface area contributed by atoms with Crippen molar-refractivity contribution in [1.29, 1.82) is 5.26 Å². The van der Waals surface area contributed by atoms with Crippen LogP contribution in [0.25, 0.3) is 0 Å². The summed E-state index contributed by atoms with van der Waals surface area (Å²) < 4.78 is 5.17. The number of rotatable bonds is 6.